The van der Waals surface area contributed by atoms with Crippen LogP contribution in [-0.2, 0) is 13.2 Å². The van der Waals surface area contributed by atoms with Crippen molar-refractivity contribution in [3.05, 3.63) is 47.8 Å². The van der Waals surface area contributed by atoms with Gasteiger partial charge in [-0.2, -0.15) is 0 Å². The molecule has 0 aliphatic heterocycles. The molecule has 19 heavy (non-hydrogen) atoms. The molecule has 2 N–H and O–H groups in total. The lowest BCUT2D eigenvalue weighted by Crippen LogP contribution is -2.10. The lowest BCUT2D eigenvalue weighted by atomic mass is 10.1. The Morgan fingerprint density at radius 2 is 2.26 bits per heavy atom. The molecule has 1 aromatic heterocycles. The third-order valence-electron chi connectivity index (χ3n) is 2.97. The topological polar surface area (TPSA) is 53.1 Å². The van der Waals surface area contributed by atoms with Crippen molar-refractivity contribution in [1.82, 2.24) is 9.55 Å². The highest BCUT2D eigenvalue weighted by Crippen LogP contribution is 2.25. The molecule has 1 atom stereocenters. The summed E-state index contributed by atoms with van der Waals surface area (Å²) in [4.78, 5) is 4.21. The smallest absolute Gasteiger partial charge is 0.146 e. The average molecular weight is 263 g/mol. The zero-order valence-corrected chi connectivity index (χ0v) is 11.1. The minimum Gasteiger partial charge on any atom is -0.485 e. The summed E-state index contributed by atoms with van der Waals surface area (Å²) in [6.07, 6.45) is 3.61. The van der Waals surface area contributed by atoms with Crippen molar-refractivity contribution >= 4 is 0 Å². The number of nitrogens with zero attached hydrogens (tertiary/aromatic N) is 2. The van der Waals surface area contributed by atoms with Gasteiger partial charge in [0, 0.05) is 36.6 Å². The largest absolute Gasteiger partial charge is 0.485 e. The summed E-state index contributed by atoms with van der Waals surface area (Å²) in [6, 6.07) is 4.19. The van der Waals surface area contributed by atoms with E-state index in [0.717, 1.165) is 17.9 Å². The number of hydrogen-bond acceptors (Lipinski definition) is 3. The number of hydrogen-bond donors (Lipinski definition) is 1. The molecule has 2 rings (SSSR count). The molecule has 1 aromatic carbocycles. The van der Waals surface area contributed by atoms with Crippen molar-refractivity contribution in [2.75, 3.05) is 0 Å². The quantitative estimate of drug-likeness (QED) is 0.902. The minimum atomic E-state index is -0.335. The van der Waals surface area contributed by atoms with Crippen LogP contribution >= 0.6 is 0 Å². The molecule has 0 saturated heterocycles. The van der Waals surface area contributed by atoms with Gasteiger partial charge < -0.3 is 15.0 Å². The maximum absolute atomic E-state index is 13.3. The fourth-order valence-electron chi connectivity index (χ4n) is 1.92. The molecule has 0 saturated carbocycles. The number of ether oxygens (including phenoxy) is 1. The van der Waals surface area contributed by atoms with E-state index in [1.807, 2.05) is 24.6 Å². The van der Waals surface area contributed by atoms with Gasteiger partial charge in [-0.15, -0.1) is 0 Å². The first-order valence-corrected chi connectivity index (χ1v) is 6.29. The van der Waals surface area contributed by atoms with E-state index in [1.54, 1.807) is 12.3 Å². The first kappa shape index (κ1) is 13.5. The van der Waals surface area contributed by atoms with Crippen molar-refractivity contribution in [3.63, 3.8) is 0 Å². The Balaban J connectivity index is 2.17. The second kappa shape index (κ2) is 5.84. The van der Waals surface area contributed by atoms with Gasteiger partial charge in [0.25, 0.3) is 0 Å². The molecule has 4 nitrogen and oxygen atoms in total. The summed E-state index contributed by atoms with van der Waals surface area (Å²) in [7, 11) is 0. The van der Waals surface area contributed by atoms with Gasteiger partial charge in [-0.1, -0.05) is 6.07 Å². The molecule has 0 fully saturated rings. The Bertz CT molecular complexity index is 551. The monoisotopic (exact) mass is 263 g/mol. The van der Waals surface area contributed by atoms with Gasteiger partial charge in [0.05, 0.1) is 0 Å². The Kier molecular flexibility index (Phi) is 4.16. The van der Waals surface area contributed by atoms with Crippen LogP contribution in [0.4, 0.5) is 4.39 Å². The van der Waals surface area contributed by atoms with Gasteiger partial charge >= 0.3 is 0 Å². The molecule has 0 bridgehead atoms. The summed E-state index contributed by atoms with van der Waals surface area (Å²) in [5.74, 6) is 0.946. The Hall–Kier alpha value is -1.88. The number of rotatable bonds is 5. The lowest BCUT2D eigenvalue weighted by molar-refractivity contribution is 0.284. The normalized spacial score (nSPS) is 12.4. The van der Waals surface area contributed by atoms with Crippen molar-refractivity contribution < 1.29 is 9.13 Å². The molecule has 0 radical (unpaired) electrons. The highest BCUT2D eigenvalue weighted by Gasteiger charge is 2.11. The van der Waals surface area contributed by atoms with Crippen molar-refractivity contribution in [2.45, 2.75) is 33.0 Å². The van der Waals surface area contributed by atoms with Crippen molar-refractivity contribution in [3.8, 4) is 5.75 Å². The first-order valence-electron chi connectivity index (χ1n) is 6.29. The summed E-state index contributed by atoms with van der Waals surface area (Å²) in [5, 5.41) is 0. The summed E-state index contributed by atoms with van der Waals surface area (Å²) < 4.78 is 20.9. The fraction of sp³-hybridized carbons (Fsp3) is 0.357. The molecule has 0 spiro atoms. The van der Waals surface area contributed by atoms with Gasteiger partial charge in [-0.3, -0.25) is 0 Å². The van der Waals surface area contributed by atoms with E-state index in [2.05, 4.69) is 4.98 Å². The third kappa shape index (κ3) is 3.12. The molecular weight excluding hydrogens is 245 g/mol. The zero-order chi connectivity index (χ0) is 13.8. The fourth-order valence-corrected chi connectivity index (χ4v) is 1.92. The number of aryl methyl sites for hydroxylation is 1. The molecule has 5 heteroatoms. The van der Waals surface area contributed by atoms with Crippen LogP contribution in [0.2, 0.25) is 0 Å². The van der Waals surface area contributed by atoms with E-state index in [1.165, 1.54) is 12.1 Å². The predicted octanol–water partition coefficient (Wildman–Crippen LogP) is 2.64. The first-order chi connectivity index (χ1) is 9.11. The van der Waals surface area contributed by atoms with Gasteiger partial charge in [0.15, 0.2) is 0 Å². The molecular formula is C14H18FN3O. The van der Waals surface area contributed by atoms with E-state index < -0.39 is 0 Å². The molecule has 1 heterocycles. The summed E-state index contributed by atoms with van der Waals surface area (Å²) >= 11 is 0. The standard InChI is InChI=1S/C14H18FN3O/c1-3-18-7-6-17-14(18)9-19-13-8-11(15)4-5-12(13)10(2)16/h4-8,10H,3,9,16H2,1-2H3. The number of halogens is 1. The number of imidazole rings is 1. The average Bonchev–Trinajstić information content (AvgIpc) is 2.83. The number of aromatic nitrogens is 2. The van der Waals surface area contributed by atoms with Crippen LogP contribution in [-0.4, -0.2) is 9.55 Å². The molecule has 0 aliphatic carbocycles. The van der Waals surface area contributed by atoms with Crippen LogP contribution in [0.1, 0.15) is 31.3 Å². The zero-order valence-electron chi connectivity index (χ0n) is 11.1. The van der Waals surface area contributed by atoms with Crippen molar-refractivity contribution in [1.29, 1.82) is 0 Å². The van der Waals surface area contributed by atoms with E-state index in [0.29, 0.717) is 12.4 Å². The SMILES string of the molecule is CCn1ccnc1COc1cc(F)ccc1C(C)N. The number of nitrogens with two attached hydrogens (primary N) is 1. The van der Waals surface area contributed by atoms with Crippen LogP contribution < -0.4 is 10.5 Å². The van der Waals surface area contributed by atoms with Gasteiger partial charge in [-0.05, 0) is 19.9 Å². The van der Waals surface area contributed by atoms with E-state index >= 15 is 0 Å². The Morgan fingerprint density at radius 3 is 2.95 bits per heavy atom. The lowest BCUT2D eigenvalue weighted by Gasteiger charge is -2.14. The maximum Gasteiger partial charge on any atom is 0.146 e. The predicted molar refractivity (Wildman–Crippen MR) is 71.2 cm³/mol. The van der Waals surface area contributed by atoms with Crippen LogP contribution in [0.3, 0.4) is 0 Å². The van der Waals surface area contributed by atoms with Crippen LogP contribution in [0.15, 0.2) is 30.6 Å². The summed E-state index contributed by atoms with van der Waals surface area (Å²) in [6.45, 7) is 4.99. The van der Waals surface area contributed by atoms with Crippen molar-refractivity contribution in [2.24, 2.45) is 5.73 Å². The second-order valence-corrected chi connectivity index (χ2v) is 4.39. The van der Waals surface area contributed by atoms with Gasteiger partial charge in [-0.25, -0.2) is 9.37 Å². The molecule has 2 aromatic rings. The Morgan fingerprint density at radius 1 is 1.47 bits per heavy atom. The van der Waals surface area contributed by atoms with E-state index in [9.17, 15) is 4.39 Å². The highest BCUT2D eigenvalue weighted by atomic mass is 19.1. The number of benzene rings is 1. The Labute approximate surface area is 112 Å². The minimum absolute atomic E-state index is 0.207. The van der Waals surface area contributed by atoms with Crippen LogP contribution in [0.5, 0.6) is 5.75 Å². The van der Waals surface area contributed by atoms with Gasteiger partial charge in [0.1, 0.15) is 24.0 Å². The molecule has 102 valence electrons. The van der Waals surface area contributed by atoms with Crippen LogP contribution in [0, 0.1) is 5.82 Å². The maximum atomic E-state index is 13.3. The van der Waals surface area contributed by atoms with E-state index in [4.69, 9.17) is 10.5 Å². The molecule has 1 unspecified atom stereocenters. The van der Waals surface area contributed by atoms with E-state index in [-0.39, 0.29) is 11.9 Å². The van der Waals surface area contributed by atoms with Crippen LogP contribution in [0.25, 0.3) is 0 Å². The highest BCUT2D eigenvalue weighted by molar-refractivity contribution is 5.36. The summed E-state index contributed by atoms with van der Waals surface area (Å²) in [5.41, 5.74) is 6.63. The third-order valence-corrected chi connectivity index (χ3v) is 2.97. The van der Waals surface area contributed by atoms with Gasteiger partial charge in [0.2, 0.25) is 0 Å². The molecule has 0 aliphatic rings. The molecule has 0 amide bonds. The second-order valence-electron chi connectivity index (χ2n) is 4.39.